The van der Waals surface area contributed by atoms with Crippen LogP contribution in [0.2, 0.25) is 0 Å². The van der Waals surface area contributed by atoms with E-state index in [0.717, 1.165) is 17.6 Å². The van der Waals surface area contributed by atoms with E-state index in [2.05, 4.69) is 4.98 Å². The van der Waals surface area contributed by atoms with Gasteiger partial charge in [-0.3, -0.25) is 14.3 Å². The summed E-state index contributed by atoms with van der Waals surface area (Å²) in [6, 6.07) is 0. The van der Waals surface area contributed by atoms with Crippen molar-refractivity contribution in [2.24, 2.45) is 0 Å². The summed E-state index contributed by atoms with van der Waals surface area (Å²) in [4.78, 5) is 31.4. The molecular formula is C18H29N2O8P. The molecule has 164 valence electrons. The van der Waals surface area contributed by atoms with Crippen molar-refractivity contribution in [2.45, 2.75) is 59.0 Å². The summed E-state index contributed by atoms with van der Waals surface area (Å²) < 4.78 is 35.3. The second-order valence-electron chi connectivity index (χ2n) is 6.36. The maximum atomic E-state index is 12.5. The average Bonchev–Trinajstić information content (AvgIpc) is 2.67. The van der Waals surface area contributed by atoms with E-state index in [1.165, 1.54) is 12.0 Å². The lowest BCUT2D eigenvalue weighted by atomic mass is 10.2. The molecule has 2 atom stereocenters. The highest BCUT2D eigenvalue weighted by Crippen LogP contribution is 2.49. The number of hydrogen-bond acceptors (Lipinski definition) is 8. The van der Waals surface area contributed by atoms with Crippen LogP contribution in [-0.4, -0.2) is 42.1 Å². The van der Waals surface area contributed by atoms with Crippen molar-refractivity contribution in [3.63, 3.8) is 0 Å². The monoisotopic (exact) mass is 432 g/mol. The Morgan fingerprint density at radius 3 is 2.66 bits per heavy atom. The van der Waals surface area contributed by atoms with Crippen LogP contribution in [0.4, 0.5) is 0 Å². The van der Waals surface area contributed by atoms with Gasteiger partial charge in [-0.1, -0.05) is 6.08 Å². The minimum atomic E-state index is -3.36. The van der Waals surface area contributed by atoms with E-state index in [4.69, 9.17) is 23.4 Å². The normalized spacial score (nSPS) is 18.8. The predicted molar refractivity (Wildman–Crippen MR) is 106 cm³/mol. The number of rotatable bonds is 11. The topological polar surface area (TPSA) is 118 Å². The first kappa shape index (κ1) is 23.6. The van der Waals surface area contributed by atoms with Gasteiger partial charge in [-0.05, 0) is 40.0 Å². The Morgan fingerprint density at radius 2 is 2.03 bits per heavy atom. The summed E-state index contributed by atoms with van der Waals surface area (Å²) in [5.74, 6) is 1.35. The number of aromatic nitrogens is 2. The first-order chi connectivity index (χ1) is 13.9. The second-order valence-corrected chi connectivity index (χ2v) is 8.25. The minimum Gasteiger partial charge on any atom is -0.377 e. The molecule has 1 N–H and O–H groups in total. The summed E-state index contributed by atoms with van der Waals surface area (Å²) in [6.07, 6.45) is 4.19. The van der Waals surface area contributed by atoms with Crippen LogP contribution in [0.15, 0.2) is 27.7 Å². The van der Waals surface area contributed by atoms with Crippen LogP contribution < -0.4 is 16.1 Å². The molecule has 2 unspecified atom stereocenters. The Morgan fingerprint density at radius 1 is 1.31 bits per heavy atom. The van der Waals surface area contributed by atoms with Crippen LogP contribution in [-0.2, 0) is 23.1 Å². The highest BCUT2D eigenvalue weighted by molar-refractivity contribution is 7.57. The third-order valence-electron chi connectivity index (χ3n) is 4.00. The van der Waals surface area contributed by atoms with Gasteiger partial charge < -0.3 is 23.4 Å². The standard InChI is InChI=1S/C18H29N2O8P/c1-4-25-29(23,26-5-2)12-8-10-16(27-15-9-6-7-11-24-15)28-20-13-14(3)17(21)19-18(20)22/h8,12-13,15-16H,4-7,9-11H2,1-3H3,(H,19,21,22). The molecule has 1 aromatic rings. The van der Waals surface area contributed by atoms with Crippen molar-refractivity contribution in [1.29, 1.82) is 0 Å². The van der Waals surface area contributed by atoms with Gasteiger partial charge in [-0.15, -0.1) is 4.73 Å². The Bertz CT molecular complexity index is 818. The van der Waals surface area contributed by atoms with Crippen molar-refractivity contribution in [2.75, 3.05) is 19.8 Å². The molecule has 0 saturated carbocycles. The van der Waals surface area contributed by atoms with Gasteiger partial charge in [-0.25, -0.2) is 4.79 Å². The predicted octanol–water partition coefficient (Wildman–Crippen LogP) is 2.31. The van der Waals surface area contributed by atoms with Gasteiger partial charge >= 0.3 is 13.3 Å². The third kappa shape index (κ3) is 7.56. The second kappa shape index (κ2) is 11.5. The van der Waals surface area contributed by atoms with E-state index in [1.807, 2.05) is 0 Å². The zero-order valence-corrected chi connectivity index (χ0v) is 17.9. The fourth-order valence-electron chi connectivity index (χ4n) is 2.64. The fourth-order valence-corrected chi connectivity index (χ4v) is 3.99. The van der Waals surface area contributed by atoms with E-state index < -0.39 is 31.4 Å². The molecule has 2 rings (SSSR count). The first-order valence-corrected chi connectivity index (χ1v) is 11.3. The SMILES string of the molecule is CCOP(=O)(C=CCC(OC1CCCCO1)On1cc(C)c(=O)[nH]c1=O)OCC. The van der Waals surface area contributed by atoms with Gasteiger partial charge in [-0.2, -0.15) is 0 Å². The van der Waals surface area contributed by atoms with E-state index in [1.54, 1.807) is 26.8 Å². The largest absolute Gasteiger partial charge is 0.377 e. The average molecular weight is 432 g/mol. The van der Waals surface area contributed by atoms with Crippen LogP contribution >= 0.6 is 7.60 Å². The molecule has 1 saturated heterocycles. The molecule has 11 heteroatoms. The highest BCUT2D eigenvalue weighted by atomic mass is 31.2. The quantitative estimate of drug-likeness (QED) is 0.418. The molecule has 1 aromatic heterocycles. The van der Waals surface area contributed by atoms with Crippen LogP contribution in [0.3, 0.4) is 0 Å². The smallest absolute Gasteiger partial charge is 0.361 e. The molecule has 0 aliphatic carbocycles. The molecule has 1 fully saturated rings. The van der Waals surface area contributed by atoms with Gasteiger partial charge in [0, 0.05) is 24.4 Å². The molecule has 0 amide bonds. The Labute approximate surface area is 169 Å². The number of hydrogen-bond donors (Lipinski definition) is 1. The van der Waals surface area contributed by atoms with Crippen LogP contribution in [0.5, 0.6) is 0 Å². The molecule has 1 aliphatic heterocycles. The molecule has 1 aliphatic rings. The molecule has 29 heavy (non-hydrogen) atoms. The zero-order chi connectivity index (χ0) is 21.3. The molecule has 2 heterocycles. The lowest BCUT2D eigenvalue weighted by molar-refractivity contribution is -0.255. The van der Waals surface area contributed by atoms with Gasteiger partial charge in [0.2, 0.25) is 6.29 Å². The van der Waals surface area contributed by atoms with Gasteiger partial charge in [0.05, 0.1) is 19.4 Å². The maximum absolute atomic E-state index is 12.5. The van der Waals surface area contributed by atoms with Crippen molar-refractivity contribution >= 4 is 7.60 Å². The van der Waals surface area contributed by atoms with E-state index in [-0.39, 0.29) is 19.6 Å². The van der Waals surface area contributed by atoms with E-state index in [9.17, 15) is 14.2 Å². The Balaban J connectivity index is 2.15. The number of nitrogens with zero attached hydrogens (tertiary/aromatic N) is 1. The van der Waals surface area contributed by atoms with E-state index >= 15 is 0 Å². The van der Waals surface area contributed by atoms with Gasteiger partial charge in [0.1, 0.15) is 0 Å². The number of aromatic amines is 1. The summed E-state index contributed by atoms with van der Waals surface area (Å²) in [5, 5.41) is 0. The van der Waals surface area contributed by atoms with E-state index in [0.29, 0.717) is 18.6 Å². The van der Waals surface area contributed by atoms with Gasteiger partial charge in [0.25, 0.3) is 5.56 Å². The van der Waals surface area contributed by atoms with Crippen molar-refractivity contribution in [3.8, 4) is 0 Å². The molecular weight excluding hydrogens is 403 g/mol. The molecule has 0 bridgehead atoms. The number of ether oxygens (including phenoxy) is 2. The number of nitrogens with one attached hydrogen (secondary N) is 1. The van der Waals surface area contributed by atoms with Crippen molar-refractivity contribution in [3.05, 3.63) is 44.5 Å². The molecule has 0 radical (unpaired) electrons. The first-order valence-electron chi connectivity index (χ1n) is 9.70. The molecule has 0 aromatic carbocycles. The van der Waals surface area contributed by atoms with Crippen LogP contribution in [0.1, 0.15) is 45.1 Å². The zero-order valence-electron chi connectivity index (χ0n) is 17.0. The fraction of sp³-hybridized carbons (Fsp3) is 0.667. The van der Waals surface area contributed by atoms with Gasteiger partial charge in [0.15, 0.2) is 6.29 Å². The Hall–Kier alpha value is -1.71. The molecule has 10 nitrogen and oxygen atoms in total. The lowest BCUT2D eigenvalue weighted by Gasteiger charge is -2.27. The van der Waals surface area contributed by atoms with Crippen molar-refractivity contribution in [1.82, 2.24) is 9.71 Å². The van der Waals surface area contributed by atoms with Crippen molar-refractivity contribution < 1.29 is 27.9 Å². The summed E-state index contributed by atoms with van der Waals surface area (Å²) in [5.41, 5.74) is -0.903. The maximum Gasteiger partial charge on any atom is 0.361 e. The lowest BCUT2D eigenvalue weighted by Crippen LogP contribution is -2.41. The number of aryl methyl sites for hydroxylation is 1. The number of H-pyrrole nitrogens is 1. The Kier molecular flexibility index (Phi) is 9.32. The highest BCUT2D eigenvalue weighted by Gasteiger charge is 2.23. The summed E-state index contributed by atoms with van der Waals surface area (Å²) >= 11 is 0. The molecule has 0 spiro atoms. The summed E-state index contributed by atoms with van der Waals surface area (Å²) in [6.45, 7) is 6.05. The third-order valence-corrected chi connectivity index (χ3v) is 5.81. The minimum absolute atomic E-state index is 0.147. The van der Waals surface area contributed by atoms with Crippen LogP contribution in [0, 0.1) is 6.92 Å². The van der Waals surface area contributed by atoms with Crippen LogP contribution in [0.25, 0.3) is 0 Å². The summed E-state index contributed by atoms with van der Waals surface area (Å²) in [7, 11) is -3.36.